The number of hydrogen-bond donors (Lipinski definition) is 1. The maximum atomic E-state index is 12.7. The van der Waals surface area contributed by atoms with Gasteiger partial charge in [-0.2, -0.15) is 5.26 Å². The first-order chi connectivity index (χ1) is 8.51. The zero-order chi connectivity index (χ0) is 13.7. The smallest absolute Gasteiger partial charge is 0.310 e. The molecule has 0 saturated carbocycles. The highest BCUT2D eigenvalue weighted by atomic mass is 32.1. The first-order valence-corrected chi connectivity index (χ1v) is 5.64. The molecule has 0 fully saturated rings. The van der Waals surface area contributed by atoms with Crippen LogP contribution in [-0.2, 0) is 16.0 Å². The minimum absolute atomic E-state index is 0.0305. The summed E-state index contributed by atoms with van der Waals surface area (Å²) >= 11 is 3.98. The van der Waals surface area contributed by atoms with E-state index < -0.39 is 12.4 Å². The number of thiol groups is 1. The normalized spacial score (nSPS) is 10.2. The van der Waals surface area contributed by atoms with E-state index in [0.717, 1.165) is 6.07 Å². The monoisotopic (exact) mass is 271 g/mol. The molecule has 1 aromatic rings. The fourth-order valence-corrected chi connectivity index (χ4v) is 1.84. The molecule has 0 radical (unpaired) electrons. The quantitative estimate of drug-likeness (QED) is 0.676. The second kappa shape index (κ2) is 6.36. The van der Waals surface area contributed by atoms with Crippen molar-refractivity contribution in [2.75, 3.05) is 6.61 Å². The van der Waals surface area contributed by atoms with Crippen LogP contribution in [0, 0.1) is 11.3 Å². The number of alkyl halides is 2. The lowest BCUT2D eigenvalue weighted by atomic mass is 10.0. The maximum absolute atomic E-state index is 12.7. The number of carbonyl (C=O) groups is 1. The van der Waals surface area contributed by atoms with Crippen molar-refractivity contribution >= 4 is 18.6 Å². The van der Waals surface area contributed by atoms with Crippen LogP contribution in [-0.4, -0.2) is 12.6 Å². The number of hydrogen-bond acceptors (Lipinski definition) is 4. The fourth-order valence-electron chi connectivity index (χ4n) is 1.47. The molecule has 6 heteroatoms. The molecule has 0 spiro atoms. The zero-order valence-corrected chi connectivity index (χ0v) is 10.5. The molecule has 18 heavy (non-hydrogen) atoms. The van der Waals surface area contributed by atoms with E-state index in [0.29, 0.717) is 0 Å². The van der Waals surface area contributed by atoms with Gasteiger partial charge in [-0.25, -0.2) is 8.78 Å². The number of ether oxygens (including phenoxy) is 1. The Morgan fingerprint density at radius 1 is 1.56 bits per heavy atom. The van der Waals surface area contributed by atoms with Gasteiger partial charge in [-0.1, -0.05) is 6.07 Å². The molecule has 0 saturated heterocycles. The van der Waals surface area contributed by atoms with Crippen molar-refractivity contribution < 1.29 is 18.3 Å². The Morgan fingerprint density at radius 2 is 2.22 bits per heavy atom. The third-order valence-electron chi connectivity index (χ3n) is 2.30. The van der Waals surface area contributed by atoms with Crippen molar-refractivity contribution in [3.63, 3.8) is 0 Å². The highest BCUT2D eigenvalue weighted by Gasteiger charge is 2.19. The lowest BCUT2D eigenvalue weighted by Gasteiger charge is -2.11. The minimum atomic E-state index is -2.70. The molecule has 0 unspecified atom stereocenters. The minimum Gasteiger partial charge on any atom is -0.466 e. The van der Waals surface area contributed by atoms with Gasteiger partial charge in [-0.15, -0.1) is 12.6 Å². The molecule has 0 aliphatic rings. The van der Waals surface area contributed by atoms with Gasteiger partial charge in [-0.05, 0) is 18.6 Å². The van der Waals surface area contributed by atoms with Crippen LogP contribution in [0.4, 0.5) is 8.78 Å². The molecular weight excluding hydrogens is 260 g/mol. The summed E-state index contributed by atoms with van der Waals surface area (Å²) in [6.07, 6.45) is -2.94. The number of halogens is 2. The molecule has 0 bridgehead atoms. The predicted octanol–water partition coefficient (Wildman–Crippen LogP) is 2.89. The van der Waals surface area contributed by atoms with Crippen LogP contribution in [0.2, 0.25) is 0 Å². The Balaban J connectivity index is 3.18. The topological polar surface area (TPSA) is 50.1 Å². The summed E-state index contributed by atoms with van der Waals surface area (Å²) in [4.78, 5) is 11.3. The van der Waals surface area contributed by atoms with Gasteiger partial charge in [0.1, 0.15) is 0 Å². The van der Waals surface area contributed by atoms with E-state index in [1.807, 2.05) is 6.07 Å². The van der Waals surface area contributed by atoms with E-state index >= 15 is 0 Å². The average molecular weight is 271 g/mol. The number of benzene rings is 1. The molecule has 0 aliphatic heterocycles. The molecule has 0 aliphatic carbocycles. The first kappa shape index (κ1) is 14.5. The van der Waals surface area contributed by atoms with E-state index in [2.05, 4.69) is 12.6 Å². The van der Waals surface area contributed by atoms with E-state index in [1.165, 1.54) is 6.07 Å². The Hall–Kier alpha value is -1.61. The summed E-state index contributed by atoms with van der Waals surface area (Å²) < 4.78 is 30.1. The molecule has 0 heterocycles. The van der Waals surface area contributed by atoms with E-state index in [1.54, 1.807) is 6.92 Å². The fraction of sp³-hybridized carbons (Fsp3) is 0.333. The van der Waals surface area contributed by atoms with Crippen LogP contribution in [0.15, 0.2) is 17.0 Å². The van der Waals surface area contributed by atoms with Gasteiger partial charge in [0.25, 0.3) is 6.43 Å². The maximum Gasteiger partial charge on any atom is 0.310 e. The van der Waals surface area contributed by atoms with Gasteiger partial charge in [0.05, 0.1) is 24.7 Å². The predicted molar refractivity (Wildman–Crippen MR) is 63.7 cm³/mol. The summed E-state index contributed by atoms with van der Waals surface area (Å²) in [6, 6.07) is 4.25. The third-order valence-corrected chi connectivity index (χ3v) is 2.82. The molecule has 1 rings (SSSR count). The van der Waals surface area contributed by atoms with Crippen molar-refractivity contribution in [1.82, 2.24) is 0 Å². The molecule has 3 nitrogen and oxygen atoms in total. The molecule has 0 atom stereocenters. The number of rotatable bonds is 4. The summed E-state index contributed by atoms with van der Waals surface area (Å²) in [6.45, 7) is 1.83. The molecule has 96 valence electrons. The van der Waals surface area contributed by atoms with Crippen LogP contribution in [0.3, 0.4) is 0 Å². The number of nitrogens with zero attached hydrogens (tertiary/aromatic N) is 1. The van der Waals surface area contributed by atoms with Gasteiger partial charge >= 0.3 is 5.97 Å². The summed E-state index contributed by atoms with van der Waals surface area (Å²) in [5, 5.41) is 8.89. The van der Waals surface area contributed by atoms with E-state index in [-0.39, 0.29) is 34.6 Å². The van der Waals surface area contributed by atoms with Crippen molar-refractivity contribution in [2.24, 2.45) is 0 Å². The lowest BCUT2D eigenvalue weighted by molar-refractivity contribution is -0.142. The third kappa shape index (κ3) is 3.20. The van der Waals surface area contributed by atoms with Crippen LogP contribution in [0.5, 0.6) is 0 Å². The summed E-state index contributed by atoms with van der Waals surface area (Å²) in [5.74, 6) is -0.573. The Bertz CT molecular complexity index is 498. The Labute approximate surface area is 109 Å². The first-order valence-electron chi connectivity index (χ1n) is 5.19. The van der Waals surface area contributed by atoms with E-state index in [4.69, 9.17) is 10.00 Å². The van der Waals surface area contributed by atoms with Crippen molar-refractivity contribution in [3.05, 3.63) is 28.8 Å². The van der Waals surface area contributed by atoms with Crippen molar-refractivity contribution in [1.29, 1.82) is 5.26 Å². The second-order valence-electron chi connectivity index (χ2n) is 3.42. The summed E-state index contributed by atoms with van der Waals surface area (Å²) in [7, 11) is 0. The number of carbonyl (C=O) groups excluding carboxylic acids is 1. The van der Waals surface area contributed by atoms with Crippen LogP contribution in [0.1, 0.15) is 30.0 Å². The Morgan fingerprint density at radius 3 is 2.72 bits per heavy atom. The van der Waals surface area contributed by atoms with Gasteiger partial charge in [-0.3, -0.25) is 4.79 Å². The Kier molecular flexibility index (Phi) is 5.10. The van der Waals surface area contributed by atoms with Gasteiger partial charge in [0.2, 0.25) is 0 Å². The number of nitriles is 1. The molecular formula is C12H11F2NO2S. The van der Waals surface area contributed by atoms with Crippen molar-refractivity contribution in [3.8, 4) is 6.07 Å². The highest BCUT2D eigenvalue weighted by Crippen LogP contribution is 2.30. The molecule has 0 aromatic heterocycles. The van der Waals surface area contributed by atoms with Crippen LogP contribution >= 0.6 is 12.6 Å². The lowest BCUT2D eigenvalue weighted by Crippen LogP contribution is -2.10. The number of esters is 1. The van der Waals surface area contributed by atoms with Gasteiger partial charge in [0.15, 0.2) is 0 Å². The molecule has 0 N–H and O–H groups in total. The largest absolute Gasteiger partial charge is 0.466 e. The highest BCUT2D eigenvalue weighted by molar-refractivity contribution is 7.80. The van der Waals surface area contributed by atoms with Gasteiger partial charge < -0.3 is 4.74 Å². The summed E-state index contributed by atoms with van der Waals surface area (Å²) in [5.41, 5.74) is 0.0335. The SMILES string of the molecule is CCOC(=O)Cc1c(C#N)ccc(C(F)F)c1S. The van der Waals surface area contributed by atoms with Crippen LogP contribution < -0.4 is 0 Å². The average Bonchev–Trinajstić information content (AvgIpc) is 2.31. The molecule has 1 aromatic carbocycles. The standard InChI is InChI=1S/C12H11F2NO2S/c1-2-17-10(16)5-9-7(6-15)3-4-8(11(9)18)12(13)14/h3-4,12,18H,2,5H2,1H3. The van der Waals surface area contributed by atoms with E-state index in [9.17, 15) is 13.6 Å². The zero-order valence-electron chi connectivity index (χ0n) is 9.61. The van der Waals surface area contributed by atoms with Gasteiger partial charge in [0, 0.05) is 10.5 Å². The van der Waals surface area contributed by atoms with Crippen molar-refractivity contribution in [2.45, 2.75) is 24.7 Å². The second-order valence-corrected chi connectivity index (χ2v) is 3.87. The van der Waals surface area contributed by atoms with Crippen LogP contribution in [0.25, 0.3) is 0 Å². The molecule has 0 amide bonds.